The summed E-state index contributed by atoms with van der Waals surface area (Å²) in [6.45, 7) is 2.05. The van der Waals surface area contributed by atoms with Crippen LogP contribution >= 0.6 is 22.7 Å². The van der Waals surface area contributed by atoms with Crippen molar-refractivity contribution in [3.8, 4) is 11.3 Å². The minimum Gasteiger partial charge on any atom is -0.465 e. The van der Waals surface area contributed by atoms with E-state index in [-0.39, 0.29) is 18.3 Å². The fourth-order valence-corrected chi connectivity index (χ4v) is 4.48. The van der Waals surface area contributed by atoms with Crippen molar-refractivity contribution in [1.82, 2.24) is 9.97 Å². The van der Waals surface area contributed by atoms with Gasteiger partial charge in [0.2, 0.25) is 0 Å². The standard InChI is InChI=1S/C19H14N2O4S2/c1-3-25-18(22)13-8-14-12(4-5-26-14)16(21-13)11-6-10-7-15(19(23)24-2)27-17(10)20-9-11/h4-9H,3H2,1-2H3. The van der Waals surface area contributed by atoms with Crippen molar-refractivity contribution in [2.24, 2.45) is 0 Å². The lowest BCUT2D eigenvalue weighted by atomic mass is 10.1. The van der Waals surface area contributed by atoms with Crippen molar-refractivity contribution in [2.75, 3.05) is 13.7 Å². The number of methoxy groups -OCH3 is 1. The number of ether oxygens (including phenoxy) is 2. The van der Waals surface area contributed by atoms with Gasteiger partial charge in [-0.1, -0.05) is 0 Å². The van der Waals surface area contributed by atoms with Gasteiger partial charge in [-0.15, -0.1) is 22.7 Å². The van der Waals surface area contributed by atoms with Crippen molar-refractivity contribution in [3.05, 3.63) is 46.4 Å². The van der Waals surface area contributed by atoms with Crippen LogP contribution in [0.15, 0.2) is 35.8 Å². The predicted molar refractivity (Wildman–Crippen MR) is 106 cm³/mol. The highest BCUT2D eigenvalue weighted by atomic mass is 32.1. The van der Waals surface area contributed by atoms with E-state index in [1.54, 1.807) is 25.3 Å². The number of hydrogen-bond acceptors (Lipinski definition) is 8. The fourth-order valence-electron chi connectivity index (χ4n) is 2.76. The number of rotatable bonds is 4. The van der Waals surface area contributed by atoms with E-state index in [0.29, 0.717) is 10.6 Å². The Morgan fingerprint density at radius 1 is 1.19 bits per heavy atom. The van der Waals surface area contributed by atoms with Crippen LogP contribution in [0.2, 0.25) is 0 Å². The van der Waals surface area contributed by atoms with Gasteiger partial charge < -0.3 is 9.47 Å². The summed E-state index contributed by atoms with van der Waals surface area (Å²) in [6.07, 6.45) is 1.70. The smallest absolute Gasteiger partial charge is 0.356 e. The van der Waals surface area contributed by atoms with Crippen molar-refractivity contribution >= 4 is 54.9 Å². The Bertz CT molecular complexity index is 1180. The number of hydrogen-bond donors (Lipinski definition) is 0. The highest BCUT2D eigenvalue weighted by Gasteiger charge is 2.17. The zero-order chi connectivity index (χ0) is 19.0. The van der Waals surface area contributed by atoms with Gasteiger partial charge in [0.05, 0.1) is 19.4 Å². The summed E-state index contributed by atoms with van der Waals surface area (Å²) in [7, 11) is 1.35. The number of thiophene rings is 2. The monoisotopic (exact) mass is 398 g/mol. The summed E-state index contributed by atoms with van der Waals surface area (Å²) >= 11 is 2.81. The first-order valence-electron chi connectivity index (χ1n) is 8.14. The Morgan fingerprint density at radius 3 is 2.81 bits per heavy atom. The largest absolute Gasteiger partial charge is 0.465 e. The molecule has 136 valence electrons. The summed E-state index contributed by atoms with van der Waals surface area (Å²) in [5, 5.41) is 3.72. The molecule has 6 nitrogen and oxygen atoms in total. The van der Waals surface area contributed by atoms with Crippen LogP contribution in [0.25, 0.3) is 31.6 Å². The van der Waals surface area contributed by atoms with Gasteiger partial charge in [-0.05, 0) is 36.6 Å². The molecule has 0 atom stereocenters. The van der Waals surface area contributed by atoms with Crippen LogP contribution in [-0.2, 0) is 9.47 Å². The number of nitrogens with zero attached hydrogens (tertiary/aromatic N) is 2. The maximum atomic E-state index is 12.2. The van der Waals surface area contributed by atoms with Gasteiger partial charge in [-0.25, -0.2) is 19.6 Å². The molecule has 0 aliphatic heterocycles. The molecule has 4 rings (SSSR count). The van der Waals surface area contributed by atoms with Crippen LogP contribution in [0.3, 0.4) is 0 Å². The topological polar surface area (TPSA) is 78.4 Å². The Kier molecular flexibility index (Phi) is 4.59. The minimum absolute atomic E-state index is 0.266. The first-order valence-corrected chi connectivity index (χ1v) is 9.84. The lowest BCUT2D eigenvalue weighted by molar-refractivity contribution is 0.0519. The maximum absolute atomic E-state index is 12.2. The molecule has 0 N–H and O–H groups in total. The van der Waals surface area contributed by atoms with Crippen LogP contribution in [0.5, 0.6) is 0 Å². The minimum atomic E-state index is -0.452. The van der Waals surface area contributed by atoms with Crippen LogP contribution in [0.1, 0.15) is 27.1 Å². The maximum Gasteiger partial charge on any atom is 0.356 e. The molecule has 0 saturated carbocycles. The van der Waals surface area contributed by atoms with Gasteiger partial charge >= 0.3 is 11.9 Å². The van der Waals surface area contributed by atoms with Gasteiger partial charge in [0.15, 0.2) is 5.69 Å². The molecule has 27 heavy (non-hydrogen) atoms. The van der Waals surface area contributed by atoms with Gasteiger partial charge in [-0.3, -0.25) is 0 Å². The Labute approximate surface area is 162 Å². The Morgan fingerprint density at radius 2 is 2.04 bits per heavy atom. The van der Waals surface area contributed by atoms with E-state index in [9.17, 15) is 9.59 Å². The number of esters is 2. The summed E-state index contributed by atoms with van der Waals surface area (Å²) < 4.78 is 10.8. The van der Waals surface area contributed by atoms with E-state index in [0.717, 1.165) is 25.9 Å². The molecule has 4 heterocycles. The van der Waals surface area contributed by atoms with E-state index < -0.39 is 5.97 Å². The molecule has 8 heteroatoms. The summed E-state index contributed by atoms with van der Waals surface area (Å²) in [4.78, 5) is 34.1. The summed E-state index contributed by atoms with van der Waals surface area (Å²) in [6, 6.07) is 7.38. The molecule has 0 aliphatic rings. The second-order valence-corrected chi connectivity index (χ2v) is 7.61. The normalized spacial score (nSPS) is 11.0. The zero-order valence-corrected chi connectivity index (χ0v) is 16.1. The van der Waals surface area contributed by atoms with Gasteiger partial charge in [0.1, 0.15) is 9.71 Å². The molecule has 0 amide bonds. The summed E-state index contributed by atoms with van der Waals surface area (Å²) in [5.74, 6) is -0.839. The van der Waals surface area contributed by atoms with Crippen LogP contribution in [0, 0.1) is 0 Å². The fraction of sp³-hybridized carbons (Fsp3) is 0.158. The highest BCUT2D eigenvalue weighted by molar-refractivity contribution is 7.20. The van der Waals surface area contributed by atoms with E-state index in [1.807, 2.05) is 17.5 Å². The third-order valence-corrected chi connectivity index (χ3v) is 5.87. The average molecular weight is 398 g/mol. The third kappa shape index (κ3) is 3.17. The first-order chi connectivity index (χ1) is 13.1. The lowest BCUT2D eigenvalue weighted by Crippen LogP contribution is -2.07. The van der Waals surface area contributed by atoms with Crippen molar-refractivity contribution in [1.29, 1.82) is 0 Å². The second kappa shape index (κ2) is 7.05. The van der Waals surface area contributed by atoms with E-state index in [1.165, 1.54) is 29.8 Å². The van der Waals surface area contributed by atoms with Crippen LogP contribution in [-0.4, -0.2) is 35.6 Å². The van der Waals surface area contributed by atoms with E-state index in [2.05, 4.69) is 9.97 Å². The molecular weight excluding hydrogens is 384 g/mol. The number of carbonyl (C=O) groups excluding carboxylic acids is 2. The average Bonchev–Trinajstić information content (AvgIpc) is 3.32. The number of aromatic nitrogens is 2. The Hall–Kier alpha value is -2.84. The quantitative estimate of drug-likeness (QED) is 0.470. The molecular formula is C19H14N2O4S2. The van der Waals surface area contributed by atoms with E-state index in [4.69, 9.17) is 9.47 Å². The van der Waals surface area contributed by atoms with Crippen molar-refractivity contribution < 1.29 is 19.1 Å². The molecule has 0 aliphatic carbocycles. The lowest BCUT2D eigenvalue weighted by Gasteiger charge is -2.07. The van der Waals surface area contributed by atoms with Gasteiger partial charge in [0, 0.05) is 27.2 Å². The summed E-state index contributed by atoms with van der Waals surface area (Å²) in [5.41, 5.74) is 1.70. The molecule has 0 spiro atoms. The molecule has 0 fully saturated rings. The van der Waals surface area contributed by atoms with E-state index >= 15 is 0 Å². The van der Waals surface area contributed by atoms with Crippen molar-refractivity contribution in [2.45, 2.75) is 6.92 Å². The van der Waals surface area contributed by atoms with Gasteiger partial charge in [0.25, 0.3) is 0 Å². The Balaban J connectivity index is 1.86. The number of pyridine rings is 2. The second-order valence-electron chi connectivity index (χ2n) is 5.63. The van der Waals surface area contributed by atoms with Crippen LogP contribution < -0.4 is 0 Å². The first kappa shape index (κ1) is 17.6. The van der Waals surface area contributed by atoms with Crippen molar-refractivity contribution in [3.63, 3.8) is 0 Å². The number of fused-ring (bicyclic) bond motifs is 2. The SMILES string of the molecule is CCOC(=O)c1cc2sccc2c(-c2cnc3sc(C(=O)OC)cc3c2)n1. The number of carbonyl (C=O) groups is 2. The molecule has 0 unspecified atom stereocenters. The molecule has 0 aromatic carbocycles. The van der Waals surface area contributed by atoms with Gasteiger partial charge in [-0.2, -0.15) is 0 Å². The molecule has 4 aromatic rings. The van der Waals surface area contributed by atoms with Crippen LogP contribution in [0.4, 0.5) is 0 Å². The highest BCUT2D eigenvalue weighted by Crippen LogP contribution is 2.33. The predicted octanol–water partition coefficient (Wildman–Crippen LogP) is 4.54. The molecule has 4 aromatic heterocycles. The third-order valence-electron chi connectivity index (χ3n) is 3.97. The molecule has 0 bridgehead atoms. The molecule has 0 saturated heterocycles. The zero-order valence-electron chi connectivity index (χ0n) is 14.5. The molecule has 0 radical (unpaired) electrons.